The molecule has 0 radical (unpaired) electrons. The summed E-state index contributed by atoms with van der Waals surface area (Å²) in [6.07, 6.45) is 2.55. The number of nitrogens with one attached hydrogen (secondary N) is 2. The molecule has 1 aliphatic heterocycles. The zero-order valence-electron chi connectivity index (χ0n) is 33.1. The van der Waals surface area contributed by atoms with E-state index in [9.17, 15) is 14.4 Å². The third-order valence-electron chi connectivity index (χ3n) is 11.3. The minimum absolute atomic E-state index is 0.0237. The van der Waals surface area contributed by atoms with Crippen LogP contribution in [0.25, 0.3) is 10.5 Å². The van der Waals surface area contributed by atoms with Crippen LogP contribution in [0.5, 0.6) is 5.88 Å². The molecule has 5 unspecified atom stereocenters. The normalized spacial score (nSPS) is 27.6. The molecule has 52 heavy (non-hydrogen) atoms. The SMILES string of the molecule is [C-]#[N+]c1c(C(=O)OC2C(C(C)(C)C)CC(C)CC2C(C)(C)C)c2nc(C3CCC(OC)C(NC(=O)C(C)(C)C)C3)[nH]n2c1OC(=O)N1CCOCC1. The van der Waals surface area contributed by atoms with E-state index in [1.54, 1.807) is 7.11 Å². The van der Waals surface area contributed by atoms with Crippen molar-refractivity contribution in [2.75, 3.05) is 33.4 Å². The Balaban J connectivity index is 1.57. The summed E-state index contributed by atoms with van der Waals surface area (Å²) in [5.74, 6) is 0.219. The molecule has 2 aromatic rings. The smallest absolute Gasteiger partial charge is 0.415 e. The summed E-state index contributed by atoms with van der Waals surface area (Å²) in [5, 5.41) is 6.46. The molecule has 5 rings (SSSR count). The summed E-state index contributed by atoms with van der Waals surface area (Å²) in [5.41, 5.74) is -0.834. The minimum atomic E-state index is -0.656. The molecule has 2 amide bonds. The van der Waals surface area contributed by atoms with Crippen molar-refractivity contribution in [1.29, 1.82) is 0 Å². The lowest BCUT2D eigenvalue weighted by Gasteiger charge is -2.50. The maximum atomic E-state index is 14.6. The number of H-pyrrole nitrogens is 1. The largest absolute Gasteiger partial charge is 0.459 e. The Morgan fingerprint density at radius 3 is 2.12 bits per heavy atom. The highest BCUT2D eigenvalue weighted by Gasteiger charge is 2.49. The molecule has 0 spiro atoms. The summed E-state index contributed by atoms with van der Waals surface area (Å²) in [7, 11) is 1.65. The van der Waals surface area contributed by atoms with Crippen molar-refractivity contribution in [3.8, 4) is 5.88 Å². The molecule has 3 heterocycles. The van der Waals surface area contributed by atoms with Crippen LogP contribution < -0.4 is 10.1 Å². The summed E-state index contributed by atoms with van der Waals surface area (Å²) in [6, 6.07) is -0.265. The van der Waals surface area contributed by atoms with E-state index in [4.69, 9.17) is 30.5 Å². The van der Waals surface area contributed by atoms with E-state index in [0.717, 1.165) is 12.8 Å². The number of esters is 1. The fraction of sp³-hybridized carbons (Fsp3) is 0.769. The molecular formula is C39H60N6O7. The minimum Gasteiger partial charge on any atom is -0.459 e. The lowest BCUT2D eigenvalue weighted by Crippen LogP contribution is -2.50. The van der Waals surface area contributed by atoms with Crippen molar-refractivity contribution in [2.45, 2.75) is 126 Å². The Labute approximate surface area is 308 Å². The molecule has 2 N–H and O–H groups in total. The van der Waals surface area contributed by atoms with E-state index in [2.05, 4.69) is 63.7 Å². The van der Waals surface area contributed by atoms with Crippen molar-refractivity contribution in [3.63, 3.8) is 0 Å². The van der Waals surface area contributed by atoms with Gasteiger partial charge in [-0.15, -0.1) is 0 Å². The number of methoxy groups -OCH3 is 1. The molecule has 0 bridgehead atoms. The molecule has 3 fully saturated rings. The molecule has 2 saturated carbocycles. The van der Waals surface area contributed by atoms with Crippen molar-refractivity contribution in [3.05, 3.63) is 22.8 Å². The van der Waals surface area contributed by atoms with E-state index in [-0.39, 0.29) is 69.4 Å². The number of carbonyl (C=O) groups is 3. The molecule has 3 aliphatic rings. The molecule has 1 saturated heterocycles. The lowest BCUT2D eigenvalue weighted by molar-refractivity contribution is -0.130. The molecule has 2 aromatic heterocycles. The summed E-state index contributed by atoms with van der Waals surface area (Å²) in [4.78, 5) is 51.3. The molecule has 13 nitrogen and oxygen atoms in total. The predicted molar refractivity (Wildman–Crippen MR) is 196 cm³/mol. The van der Waals surface area contributed by atoms with Crippen LogP contribution in [-0.4, -0.2) is 89.1 Å². The average molecular weight is 725 g/mol. The first-order valence-electron chi connectivity index (χ1n) is 18.9. The maximum Gasteiger partial charge on any atom is 0.415 e. The highest BCUT2D eigenvalue weighted by molar-refractivity contribution is 6.05. The number of ether oxygens (including phenoxy) is 4. The van der Waals surface area contributed by atoms with E-state index in [0.29, 0.717) is 57.3 Å². The fourth-order valence-corrected chi connectivity index (χ4v) is 8.21. The van der Waals surface area contributed by atoms with Crippen molar-refractivity contribution >= 4 is 29.3 Å². The zero-order chi connectivity index (χ0) is 38.3. The van der Waals surface area contributed by atoms with Crippen LogP contribution in [-0.2, 0) is 19.0 Å². The van der Waals surface area contributed by atoms with Gasteiger partial charge in [0.25, 0.3) is 5.69 Å². The molecular weight excluding hydrogens is 664 g/mol. The lowest BCUT2D eigenvalue weighted by atomic mass is 9.59. The number of carbonyl (C=O) groups excluding carboxylic acids is 3. The van der Waals surface area contributed by atoms with Crippen LogP contribution in [0.15, 0.2) is 0 Å². The number of amides is 2. The molecule has 13 heteroatoms. The Hall–Kier alpha value is -3.63. The highest BCUT2D eigenvalue weighted by atomic mass is 16.6. The number of fused-ring (bicyclic) bond motifs is 1. The highest BCUT2D eigenvalue weighted by Crippen LogP contribution is 2.50. The number of hydrogen-bond donors (Lipinski definition) is 2. The van der Waals surface area contributed by atoms with Gasteiger partial charge in [0.1, 0.15) is 17.5 Å². The first-order valence-corrected chi connectivity index (χ1v) is 18.9. The standard InChI is InChI=1S/C39H60N6O7/c1-22-19-24(37(2,3)4)30(25(20-22)38(5,6)7)51-34(46)28-29(40-11)33(52-36(48)44-15-17-50-18-16-44)45-32(28)42-31(43-45)23-13-14-27(49-12)26(21-23)41-35(47)39(8,9)10/h22-27,30H,13-21H2,1-10,12H3,(H,41,47)(H,42,43). The van der Waals surface area contributed by atoms with Gasteiger partial charge in [-0.2, -0.15) is 0 Å². The molecule has 0 aromatic carbocycles. The van der Waals surface area contributed by atoms with Crippen molar-refractivity contribution < 1.29 is 33.3 Å². The number of hydrogen-bond acceptors (Lipinski definition) is 8. The second-order valence-corrected chi connectivity index (χ2v) is 18.4. The van der Waals surface area contributed by atoms with Gasteiger partial charge in [-0.1, -0.05) is 69.2 Å². The second-order valence-electron chi connectivity index (χ2n) is 18.4. The Kier molecular flexibility index (Phi) is 11.4. The third-order valence-corrected chi connectivity index (χ3v) is 11.3. The number of rotatable bonds is 6. The number of aromatic amines is 1. The van der Waals surface area contributed by atoms with Gasteiger partial charge in [-0.05, 0) is 48.9 Å². The van der Waals surface area contributed by atoms with E-state index in [1.807, 2.05) is 20.8 Å². The van der Waals surface area contributed by atoms with Crippen molar-refractivity contribution in [2.24, 2.45) is 34.0 Å². The van der Waals surface area contributed by atoms with Crippen LogP contribution in [0.4, 0.5) is 10.5 Å². The van der Waals surface area contributed by atoms with E-state index >= 15 is 0 Å². The van der Waals surface area contributed by atoms with Gasteiger partial charge in [0.2, 0.25) is 11.8 Å². The number of nitrogens with zero attached hydrogens (tertiary/aromatic N) is 4. The monoisotopic (exact) mass is 724 g/mol. The zero-order valence-corrected chi connectivity index (χ0v) is 33.1. The number of aromatic nitrogens is 3. The topological polar surface area (TPSA) is 141 Å². The molecule has 288 valence electrons. The van der Waals surface area contributed by atoms with Crippen LogP contribution in [0.2, 0.25) is 0 Å². The van der Waals surface area contributed by atoms with Gasteiger partial charge < -0.3 is 29.2 Å². The van der Waals surface area contributed by atoms with Crippen LogP contribution in [0, 0.1) is 40.6 Å². The fourth-order valence-electron chi connectivity index (χ4n) is 8.21. The van der Waals surface area contributed by atoms with Crippen LogP contribution >= 0.6 is 0 Å². The maximum absolute atomic E-state index is 14.6. The van der Waals surface area contributed by atoms with E-state index < -0.39 is 23.6 Å². The predicted octanol–water partition coefficient (Wildman–Crippen LogP) is 7.14. The molecule has 5 atom stereocenters. The van der Waals surface area contributed by atoms with Crippen molar-refractivity contribution in [1.82, 2.24) is 24.8 Å². The molecule has 2 aliphatic carbocycles. The van der Waals surface area contributed by atoms with Gasteiger partial charge in [0.05, 0.1) is 31.9 Å². The van der Waals surface area contributed by atoms with Gasteiger partial charge in [0.15, 0.2) is 5.65 Å². The van der Waals surface area contributed by atoms with Gasteiger partial charge in [-0.3, -0.25) is 9.89 Å². The summed E-state index contributed by atoms with van der Waals surface area (Å²) >= 11 is 0. The van der Waals surface area contributed by atoms with E-state index in [1.165, 1.54) is 9.42 Å². The Morgan fingerprint density at radius 2 is 1.58 bits per heavy atom. The average Bonchev–Trinajstić information content (AvgIpc) is 3.61. The van der Waals surface area contributed by atoms with Crippen LogP contribution in [0.3, 0.4) is 0 Å². The first-order chi connectivity index (χ1) is 24.2. The Morgan fingerprint density at radius 1 is 0.962 bits per heavy atom. The Bertz CT molecular complexity index is 1640. The number of morpholine rings is 1. The summed E-state index contributed by atoms with van der Waals surface area (Å²) in [6.45, 7) is 30.7. The van der Waals surface area contributed by atoms with Gasteiger partial charge >= 0.3 is 12.1 Å². The van der Waals surface area contributed by atoms with Gasteiger partial charge in [-0.25, -0.2) is 23.9 Å². The third kappa shape index (κ3) is 8.28. The van der Waals surface area contributed by atoms with Crippen LogP contribution in [0.1, 0.15) is 123 Å². The second kappa shape index (κ2) is 15.0. The first kappa shape index (κ1) is 39.6. The summed E-state index contributed by atoms with van der Waals surface area (Å²) < 4.78 is 25.2. The quantitative estimate of drug-likeness (QED) is 0.237. The van der Waals surface area contributed by atoms with Gasteiger partial charge in [0, 0.05) is 43.4 Å².